The molecule has 0 aliphatic carbocycles. The number of ether oxygens (including phenoxy) is 1. The average Bonchev–Trinajstić information content (AvgIpc) is 2.46. The fourth-order valence-electron chi connectivity index (χ4n) is 1.62. The Hall–Kier alpha value is -2.49. The van der Waals surface area contributed by atoms with Crippen molar-refractivity contribution in [2.75, 3.05) is 7.11 Å². The van der Waals surface area contributed by atoms with Gasteiger partial charge < -0.3 is 4.74 Å². The third-order valence-corrected chi connectivity index (χ3v) is 2.73. The maximum atomic E-state index is 13.4. The Kier molecular flexibility index (Phi) is 4.60. The topological polar surface area (TPSA) is 34.0 Å². The molecular formula is C16H15FN2O. The van der Waals surface area contributed by atoms with Crippen LogP contribution >= 0.6 is 0 Å². The normalized spacial score (nSPS) is 11.3. The van der Waals surface area contributed by atoms with Gasteiger partial charge in [-0.15, -0.1) is 0 Å². The maximum absolute atomic E-state index is 13.4. The number of aryl methyl sites for hydroxylation is 1. The third kappa shape index (κ3) is 3.75. The van der Waals surface area contributed by atoms with Crippen molar-refractivity contribution in [3.05, 3.63) is 65.0 Å². The van der Waals surface area contributed by atoms with Crippen molar-refractivity contribution < 1.29 is 9.13 Å². The van der Waals surface area contributed by atoms with Crippen LogP contribution in [-0.4, -0.2) is 19.5 Å². The first kappa shape index (κ1) is 13.9. The molecule has 0 radical (unpaired) electrons. The highest BCUT2D eigenvalue weighted by molar-refractivity contribution is 5.82. The number of hydrogen-bond donors (Lipinski definition) is 0. The molecule has 0 N–H and O–H groups in total. The van der Waals surface area contributed by atoms with Gasteiger partial charge in [0.05, 0.1) is 19.5 Å². The van der Waals surface area contributed by atoms with Gasteiger partial charge in [-0.25, -0.2) is 4.39 Å². The number of rotatable bonds is 4. The van der Waals surface area contributed by atoms with Crippen LogP contribution in [0.4, 0.5) is 4.39 Å². The molecule has 0 aliphatic heterocycles. The van der Waals surface area contributed by atoms with Gasteiger partial charge >= 0.3 is 0 Å². The largest absolute Gasteiger partial charge is 0.494 e. The summed E-state index contributed by atoms with van der Waals surface area (Å²) >= 11 is 0. The highest BCUT2D eigenvalue weighted by Gasteiger charge is 2.01. The lowest BCUT2D eigenvalue weighted by molar-refractivity contribution is 0.386. The summed E-state index contributed by atoms with van der Waals surface area (Å²) in [7, 11) is 1.43. The Labute approximate surface area is 117 Å². The van der Waals surface area contributed by atoms with Gasteiger partial charge in [-0.2, -0.15) is 10.2 Å². The highest BCUT2D eigenvalue weighted by Crippen LogP contribution is 2.16. The second kappa shape index (κ2) is 6.61. The lowest BCUT2D eigenvalue weighted by atomic mass is 10.2. The number of hydrogen-bond acceptors (Lipinski definition) is 3. The lowest BCUT2D eigenvalue weighted by Crippen LogP contribution is -1.90. The lowest BCUT2D eigenvalue weighted by Gasteiger charge is -2.00. The van der Waals surface area contributed by atoms with Crippen molar-refractivity contribution in [3.8, 4) is 5.75 Å². The van der Waals surface area contributed by atoms with Crippen LogP contribution in [0.25, 0.3) is 0 Å². The molecule has 0 atom stereocenters. The van der Waals surface area contributed by atoms with Crippen molar-refractivity contribution in [2.24, 2.45) is 10.2 Å². The summed E-state index contributed by atoms with van der Waals surface area (Å²) in [4.78, 5) is 0. The average molecular weight is 270 g/mol. The van der Waals surface area contributed by atoms with E-state index in [-0.39, 0.29) is 5.75 Å². The standard InChI is InChI=1S/C16H15FN2O/c1-12-3-5-13(6-4-12)10-18-19-11-14-7-8-16(20-2)15(17)9-14/h3-11H,1-2H3. The van der Waals surface area contributed by atoms with E-state index < -0.39 is 5.82 Å². The van der Waals surface area contributed by atoms with E-state index in [4.69, 9.17) is 4.74 Å². The van der Waals surface area contributed by atoms with Crippen LogP contribution < -0.4 is 4.74 Å². The maximum Gasteiger partial charge on any atom is 0.165 e. The highest BCUT2D eigenvalue weighted by atomic mass is 19.1. The summed E-state index contributed by atoms with van der Waals surface area (Å²) in [6.07, 6.45) is 3.14. The summed E-state index contributed by atoms with van der Waals surface area (Å²) in [5.41, 5.74) is 2.79. The minimum Gasteiger partial charge on any atom is -0.494 e. The number of methoxy groups -OCH3 is 1. The second-order valence-electron chi connectivity index (χ2n) is 4.29. The van der Waals surface area contributed by atoms with Crippen LogP contribution in [-0.2, 0) is 0 Å². The van der Waals surface area contributed by atoms with E-state index in [1.54, 1.807) is 18.3 Å². The molecule has 0 saturated carbocycles. The van der Waals surface area contributed by atoms with E-state index >= 15 is 0 Å². The van der Waals surface area contributed by atoms with Gasteiger partial charge in [-0.3, -0.25) is 0 Å². The first-order valence-electron chi connectivity index (χ1n) is 6.15. The van der Waals surface area contributed by atoms with Gasteiger partial charge in [0.15, 0.2) is 11.6 Å². The van der Waals surface area contributed by atoms with Gasteiger partial charge in [0, 0.05) is 0 Å². The Morgan fingerprint density at radius 3 is 2.15 bits per heavy atom. The second-order valence-corrected chi connectivity index (χ2v) is 4.29. The van der Waals surface area contributed by atoms with Crippen LogP contribution in [0.2, 0.25) is 0 Å². The minimum absolute atomic E-state index is 0.213. The van der Waals surface area contributed by atoms with E-state index in [1.807, 2.05) is 31.2 Å². The van der Waals surface area contributed by atoms with E-state index in [0.717, 1.165) is 5.56 Å². The van der Waals surface area contributed by atoms with Gasteiger partial charge in [0.2, 0.25) is 0 Å². The van der Waals surface area contributed by atoms with Crippen LogP contribution in [0.1, 0.15) is 16.7 Å². The summed E-state index contributed by atoms with van der Waals surface area (Å²) in [5.74, 6) is -0.204. The van der Waals surface area contributed by atoms with Crippen molar-refractivity contribution in [2.45, 2.75) is 6.92 Å². The van der Waals surface area contributed by atoms with E-state index in [0.29, 0.717) is 5.56 Å². The molecule has 0 fully saturated rings. The number of halogens is 1. The summed E-state index contributed by atoms with van der Waals surface area (Å²) in [6, 6.07) is 12.5. The predicted molar refractivity (Wildman–Crippen MR) is 79.3 cm³/mol. The molecule has 20 heavy (non-hydrogen) atoms. The molecule has 0 saturated heterocycles. The van der Waals surface area contributed by atoms with Crippen molar-refractivity contribution in [1.29, 1.82) is 0 Å². The zero-order valence-electron chi connectivity index (χ0n) is 11.4. The molecule has 0 aliphatic rings. The monoisotopic (exact) mass is 270 g/mol. The van der Waals surface area contributed by atoms with Crippen LogP contribution in [0.5, 0.6) is 5.75 Å². The molecule has 4 heteroatoms. The fraction of sp³-hybridized carbons (Fsp3) is 0.125. The van der Waals surface area contributed by atoms with Gasteiger partial charge in [0.25, 0.3) is 0 Å². The van der Waals surface area contributed by atoms with Crippen LogP contribution in [0.3, 0.4) is 0 Å². The Morgan fingerprint density at radius 2 is 1.55 bits per heavy atom. The van der Waals surface area contributed by atoms with Crippen molar-refractivity contribution in [3.63, 3.8) is 0 Å². The molecule has 0 heterocycles. The van der Waals surface area contributed by atoms with Crippen molar-refractivity contribution in [1.82, 2.24) is 0 Å². The van der Waals surface area contributed by atoms with Gasteiger partial charge in [0.1, 0.15) is 0 Å². The molecular weight excluding hydrogens is 255 g/mol. The van der Waals surface area contributed by atoms with Gasteiger partial charge in [-0.05, 0) is 36.2 Å². The van der Waals surface area contributed by atoms with Crippen LogP contribution in [0.15, 0.2) is 52.7 Å². The Balaban J connectivity index is 2.02. The van der Waals surface area contributed by atoms with E-state index in [9.17, 15) is 4.39 Å². The Bertz CT molecular complexity index is 633. The Morgan fingerprint density at radius 1 is 0.950 bits per heavy atom. The first-order valence-corrected chi connectivity index (χ1v) is 6.15. The molecule has 2 rings (SSSR count). The first-order chi connectivity index (χ1) is 9.69. The molecule has 2 aromatic carbocycles. The zero-order valence-corrected chi connectivity index (χ0v) is 11.4. The van der Waals surface area contributed by atoms with Crippen LogP contribution in [0, 0.1) is 12.7 Å². The van der Waals surface area contributed by atoms with E-state index in [1.165, 1.54) is 25.0 Å². The predicted octanol–water partition coefficient (Wildman–Crippen LogP) is 3.60. The van der Waals surface area contributed by atoms with E-state index in [2.05, 4.69) is 10.2 Å². The molecule has 102 valence electrons. The zero-order chi connectivity index (χ0) is 14.4. The quantitative estimate of drug-likeness (QED) is 0.617. The molecule has 0 amide bonds. The minimum atomic E-state index is -0.418. The number of benzene rings is 2. The summed E-state index contributed by atoms with van der Waals surface area (Å²) < 4.78 is 18.3. The third-order valence-electron chi connectivity index (χ3n) is 2.73. The summed E-state index contributed by atoms with van der Waals surface area (Å²) in [6.45, 7) is 2.03. The number of nitrogens with zero attached hydrogens (tertiary/aromatic N) is 2. The molecule has 2 aromatic rings. The van der Waals surface area contributed by atoms with Crippen molar-refractivity contribution >= 4 is 12.4 Å². The SMILES string of the molecule is COc1ccc(C=NN=Cc2ccc(C)cc2)cc1F. The molecule has 0 unspecified atom stereocenters. The molecule has 0 spiro atoms. The fourth-order valence-corrected chi connectivity index (χ4v) is 1.62. The molecule has 3 nitrogen and oxygen atoms in total. The van der Waals surface area contributed by atoms with Gasteiger partial charge in [-0.1, -0.05) is 29.8 Å². The molecule has 0 bridgehead atoms. The smallest absolute Gasteiger partial charge is 0.165 e. The summed E-state index contributed by atoms with van der Waals surface area (Å²) in [5, 5.41) is 7.82. The molecule has 0 aromatic heterocycles.